The summed E-state index contributed by atoms with van der Waals surface area (Å²) in [5.41, 5.74) is 8.05. The Morgan fingerprint density at radius 2 is 0.720 bits per heavy atom. The van der Waals surface area contributed by atoms with E-state index in [2.05, 4.69) is 121 Å². The molecule has 1 heterocycles. The molecule has 9 rings (SSSR count). The molecule has 232 valence electrons. The third-order valence-corrected chi connectivity index (χ3v) is 9.37. The number of nitriles is 1. The maximum atomic E-state index is 9.38. The highest BCUT2D eigenvalue weighted by Crippen LogP contribution is 2.46. The molecule has 0 N–H and O–H groups in total. The summed E-state index contributed by atoms with van der Waals surface area (Å²) in [6.07, 6.45) is 0. The first-order chi connectivity index (χ1) is 24.8. The molecule has 0 fully saturated rings. The van der Waals surface area contributed by atoms with Crippen LogP contribution in [0, 0.1) is 11.3 Å². The Morgan fingerprint density at radius 3 is 1.26 bits per heavy atom. The lowest BCUT2D eigenvalue weighted by Crippen LogP contribution is -2.01. The molecule has 8 aromatic carbocycles. The largest absolute Gasteiger partial charge is 0.208 e. The quantitative estimate of drug-likeness (QED) is 0.176. The van der Waals surface area contributed by atoms with Crippen LogP contribution >= 0.6 is 0 Å². The summed E-state index contributed by atoms with van der Waals surface area (Å²) in [6.45, 7) is 0. The van der Waals surface area contributed by atoms with Crippen molar-refractivity contribution in [3.05, 3.63) is 175 Å². The van der Waals surface area contributed by atoms with Gasteiger partial charge in [-0.1, -0.05) is 140 Å². The first-order valence-corrected chi connectivity index (χ1v) is 16.6. The van der Waals surface area contributed by atoms with Crippen LogP contribution in [0.15, 0.2) is 170 Å². The van der Waals surface area contributed by atoms with Crippen molar-refractivity contribution < 1.29 is 0 Å². The Balaban J connectivity index is 1.30. The molecular weight excluding hydrogens is 609 g/mol. The highest BCUT2D eigenvalue weighted by Gasteiger charge is 2.20. The summed E-state index contributed by atoms with van der Waals surface area (Å²) >= 11 is 0. The fourth-order valence-electron chi connectivity index (χ4n) is 7.08. The van der Waals surface area contributed by atoms with Gasteiger partial charge in [0.25, 0.3) is 0 Å². The summed E-state index contributed by atoms with van der Waals surface area (Å²) in [4.78, 5) is 15.0. The van der Waals surface area contributed by atoms with Gasteiger partial charge in [0.1, 0.15) is 0 Å². The Hall–Kier alpha value is -6.96. The lowest BCUT2D eigenvalue weighted by atomic mass is 9.84. The number of hydrogen-bond donors (Lipinski definition) is 0. The molecule has 0 aliphatic rings. The highest BCUT2D eigenvalue weighted by atomic mass is 15.0. The van der Waals surface area contributed by atoms with Crippen molar-refractivity contribution in [2.75, 3.05) is 0 Å². The summed E-state index contributed by atoms with van der Waals surface area (Å²) in [5, 5.41) is 16.4. The van der Waals surface area contributed by atoms with Gasteiger partial charge < -0.3 is 0 Å². The van der Waals surface area contributed by atoms with E-state index >= 15 is 0 Å². The van der Waals surface area contributed by atoms with Crippen molar-refractivity contribution in [3.63, 3.8) is 0 Å². The van der Waals surface area contributed by atoms with E-state index in [1.54, 1.807) is 12.1 Å². The summed E-state index contributed by atoms with van der Waals surface area (Å²) in [5.74, 6) is 1.74. The standard InChI is InChI=1S/C46H28N4/c47-29-30-23-25-33(26-24-30)45-48-44(32-15-5-2-6-16-32)49-46(50-45)41-28-27-40(34-17-7-8-18-35(34)41)43-38-21-11-9-19-36(38)42(31-13-3-1-4-14-31)37-20-10-12-22-39(37)43/h1-28H. The van der Waals surface area contributed by atoms with Gasteiger partial charge in [-0.25, -0.2) is 15.0 Å². The number of rotatable bonds is 5. The molecule has 0 amide bonds. The zero-order valence-corrected chi connectivity index (χ0v) is 27.0. The van der Waals surface area contributed by atoms with Crippen LogP contribution in [0.5, 0.6) is 0 Å². The smallest absolute Gasteiger partial charge is 0.164 e. The Bertz CT molecular complexity index is 2690. The van der Waals surface area contributed by atoms with Crippen molar-refractivity contribution in [3.8, 4) is 62.5 Å². The minimum absolute atomic E-state index is 0.556. The molecule has 4 heteroatoms. The van der Waals surface area contributed by atoms with Gasteiger partial charge in [0, 0.05) is 16.7 Å². The normalized spacial score (nSPS) is 11.2. The first-order valence-electron chi connectivity index (χ1n) is 16.6. The molecule has 0 saturated heterocycles. The van der Waals surface area contributed by atoms with E-state index in [1.807, 2.05) is 42.5 Å². The van der Waals surface area contributed by atoms with Crippen molar-refractivity contribution in [1.29, 1.82) is 5.26 Å². The first kappa shape index (κ1) is 29.2. The van der Waals surface area contributed by atoms with E-state index in [9.17, 15) is 5.26 Å². The Morgan fingerprint density at radius 1 is 0.320 bits per heavy atom. The zero-order valence-electron chi connectivity index (χ0n) is 27.0. The average Bonchev–Trinajstić information content (AvgIpc) is 3.20. The molecule has 50 heavy (non-hydrogen) atoms. The van der Waals surface area contributed by atoms with Gasteiger partial charge in [-0.15, -0.1) is 0 Å². The zero-order chi connectivity index (χ0) is 33.4. The molecule has 0 radical (unpaired) electrons. The third kappa shape index (κ3) is 4.97. The second-order valence-electron chi connectivity index (χ2n) is 12.3. The van der Waals surface area contributed by atoms with Crippen molar-refractivity contribution in [2.24, 2.45) is 0 Å². The topological polar surface area (TPSA) is 62.5 Å². The SMILES string of the molecule is N#Cc1ccc(-c2nc(-c3ccccc3)nc(-c3ccc(-c4c5ccccc5c(-c5ccccc5)c5ccccc45)c4ccccc34)n2)cc1. The molecule has 0 bridgehead atoms. The highest BCUT2D eigenvalue weighted by molar-refractivity contribution is 6.24. The van der Waals surface area contributed by atoms with Crippen molar-refractivity contribution in [2.45, 2.75) is 0 Å². The predicted octanol–water partition coefficient (Wildman–Crippen LogP) is 11.5. The van der Waals surface area contributed by atoms with Gasteiger partial charge in [0.2, 0.25) is 0 Å². The lowest BCUT2D eigenvalue weighted by molar-refractivity contribution is 1.08. The number of aromatic nitrogens is 3. The maximum Gasteiger partial charge on any atom is 0.164 e. The maximum absolute atomic E-state index is 9.38. The average molecular weight is 637 g/mol. The van der Waals surface area contributed by atoms with Gasteiger partial charge in [-0.3, -0.25) is 0 Å². The number of hydrogen-bond acceptors (Lipinski definition) is 4. The lowest BCUT2D eigenvalue weighted by Gasteiger charge is -2.19. The van der Waals surface area contributed by atoms with Crippen LogP contribution < -0.4 is 0 Å². The van der Waals surface area contributed by atoms with E-state index in [0.29, 0.717) is 23.0 Å². The molecule has 0 aliphatic carbocycles. The number of fused-ring (bicyclic) bond motifs is 3. The molecular formula is C46H28N4. The van der Waals surface area contributed by atoms with Gasteiger partial charge in [0.15, 0.2) is 17.5 Å². The molecule has 0 unspecified atom stereocenters. The van der Waals surface area contributed by atoms with Gasteiger partial charge in [0.05, 0.1) is 11.6 Å². The molecule has 0 saturated carbocycles. The van der Waals surface area contributed by atoms with E-state index in [0.717, 1.165) is 33.0 Å². The predicted molar refractivity (Wildman–Crippen MR) is 204 cm³/mol. The second-order valence-corrected chi connectivity index (χ2v) is 12.3. The molecule has 1 aromatic heterocycles. The summed E-state index contributed by atoms with van der Waals surface area (Å²) < 4.78 is 0. The summed E-state index contributed by atoms with van der Waals surface area (Å²) in [7, 11) is 0. The van der Waals surface area contributed by atoms with Crippen LogP contribution in [-0.2, 0) is 0 Å². The van der Waals surface area contributed by atoms with Crippen LogP contribution in [0.4, 0.5) is 0 Å². The number of benzene rings is 8. The van der Waals surface area contributed by atoms with E-state index in [1.165, 1.54) is 38.2 Å². The van der Waals surface area contributed by atoms with Crippen LogP contribution in [0.3, 0.4) is 0 Å². The fraction of sp³-hybridized carbons (Fsp3) is 0. The molecule has 0 spiro atoms. The second kappa shape index (κ2) is 12.2. The molecule has 0 aliphatic heterocycles. The number of nitrogens with zero attached hydrogens (tertiary/aromatic N) is 4. The minimum atomic E-state index is 0.556. The van der Waals surface area contributed by atoms with Crippen molar-refractivity contribution in [1.82, 2.24) is 15.0 Å². The van der Waals surface area contributed by atoms with Gasteiger partial charge in [-0.05, 0) is 84.9 Å². The van der Waals surface area contributed by atoms with Crippen molar-refractivity contribution >= 4 is 32.3 Å². The molecule has 0 atom stereocenters. The third-order valence-electron chi connectivity index (χ3n) is 9.37. The van der Waals surface area contributed by atoms with E-state index < -0.39 is 0 Å². The Kier molecular flexibility index (Phi) is 7.15. The van der Waals surface area contributed by atoms with E-state index in [-0.39, 0.29) is 0 Å². The fourth-order valence-corrected chi connectivity index (χ4v) is 7.08. The Labute approximate surface area is 289 Å². The van der Waals surface area contributed by atoms with Crippen LogP contribution in [0.2, 0.25) is 0 Å². The van der Waals surface area contributed by atoms with E-state index in [4.69, 9.17) is 15.0 Å². The van der Waals surface area contributed by atoms with Gasteiger partial charge in [-0.2, -0.15) is 5.26 Å². The summed E-state index contributed by atoms with van der Waals surface area (Å²) in [6, 6.07) is 60.6. The van der Waals surface area contributed by atoms with Crippen LogP contribution in [0.1, 0.15) is 5.56 Å². The monoisotopic (exact) mass is 636 g/mol. The van der Waals surface area contributed by atoms with Crippen LogP contribution in [-0.4, -0.2) is 15.0 Å². The molecule has 4 nitrogen and oxygen atoms in total. The minimum Gasteiger partial charge on any atom is -0.208 e. The van der Waals surface area contributed by atoms with Crippen LogP contribution in [0.25, 0.3) is 88.7 Å². The molecule has 9 aromatic rings. The van der Waals surface area contributed by atoms with Gasteiger partial charge >= 0.3 is 0 Å².